The maximum absolute atomic E-state index is 11.8. The molecule has 1 rings (SSSR count). The van der Waals surface area contributed by atoms with Crippen molar-refractivity contribution in [1.29, 1.82) is 0 Å². The highest BCUT2D eigenvalue weighted by Crippen LogP contribution is 2.15. The first kappa shape index (κ1) is 10.8. The Balaban J connectivity index is 2.77. The van der Waals surface area contributed by atoms with Gasteiger partial charge in [0.05, 0.1) is 12.2 Å². The molecule has 0 bridgehead atoms. The van der Waals surface area contributed by atoms with Crippen LogP contribution in [0.5, 0.6) is 0 Å². The second kappa shape index (κ2) is 5.49. The molecule has 5 heteroatoms. The highest BCUT2D eigenvalue weighted by atomic mass is 32.2. The summed E-state index contributed by atoms with van der Waals surface area (Å²) in [5.74, 6) is -0.403. The summed E-state index contributed by atoms with van der Waals surface area (Å²) >= 11 is -0.0136. The molecule has 3 nitrogen and oxygen atoms in total. The summed E-state index contributed by atoms with van der Waals surface area (Å²) in [5.41, 5.74) is 0.939. The third kappa shape index (κ3) is 2.92. The molecule has 0 amide bonds. The Morgan fingerprint density at radius 1 is 1.64 bits per heavy atom. The van der Waals surface area contributed by atoms with Crippen molar-refractivity contribution in [3.8, 4) is 0 Å². The van der Waals surface area contributed by atoms with E-state index in [9.17, 15) is 8.68 Å². The first-order valence-corrected chi connectivity index (χ1v) is 4.80. The summed E-state index contributed by atoms with van der Waals surface area (Å²) in [7, 11) is 0. The standard InChI is InChI=1S/C9H10FNO2S/c1-2-13-9(12)7-4-3-5-8(6-7)11-14-10/h3-6,11H,2H2,1H3. The summed E-state index contributed by atoms with van der Waals surface area (Å²) in [6.07, 6.45) is 0. The average Bonchev–Trinajstić information content (AvgIpc) is 2.19. The number of rotatable bonds is 4. The smallest absolute Gasteiger partial charge is 0.338 e. The van der Waals surface area contributed by atoms with E-state index < -0.39 is 5.97 Å². The van der Waals surface area contributed by atoms with Gasteiger partial charge in [-0.1, -0.05) is 6.07 Å². The van der Waals surface area contributed by atoms with Gasteiger partial charge in [0.1, 0.15) is 0 Å². The van der Waals surface area contributed by atoms with Crippen molar-refractivity contribution in [2.24, 2.45) is 0 Å². The number of benzene rings is 1. The molecular formula is C9H10FNO2S. The van der Waals surface area contributed by atoms with Crippen molar-refractivity contribution >= 4 is 24.0 Å². The zero-order valence-electron chi connectivity index (χ0n) is 7.62. The Labute approximate surface area is 86.1 Å². The monoisotopic (exact) mass is 215 g/mol. The van der Waals surface area contributed by atoms with E-state index in [1.807, 2.05) is 0 Å². The van der Waals surface area contributed by atoms with Crippen molar-refractivity contribution in [2.45, 2.75) is 6.92 Å². The van der Waals surface area contributed by atoms with Crippen LogP contribution in [0, 0.1) is 0 Å². The number of hydrogen-bond donors (Lipinski definition) is 1. The number of halogens is 1. The number of hydrogen-bond acceptors (Lipinski definition) is 4. The molecule has 0 aliphatic heterocycles. The molecule has 0 fully saturated rings. The minimum atomic E-state index is -0.403. The van der Waals surface area contributed by atoms with Crippen LogP contribution in [0.4, 0.5) is 9.57 Å². The summed E-state index contributed by atoms with van der Waals surface area (Å²) < 4.78 is 19.0. The number of anilines is 1. The van der Waals surface area contributed by atoms with Gasteiger partial charge in [0.15, 0.2) is 12.3 Å². The van der Waals surface area contributed by atoms with E-state index in [0.29, 0.717) is 17.9 Å². The lowest BCUT2D eigenvalue weighted by Crippen LogP contribution is -2.04. The molecule has 0 unspecified atom stereocenters. The van der Waals surface area contributed by atoms with Crippen LogP contribution in [0.1, 0.15) is 17.3 Å². The van der Waals surface area contributed by atoms with Crippen molar-refractivity contribution in [3.63, 3.8) is 0 Å². The van der Waals surface area contributed by atoms with E-state index in [-0.39, 0.29) is 12.3 Å². The highest BCUT2D eigenvalue weighted by Gasteiger charge is 2.06. The lowest BCUT2D eigenvalue weighted by atomic mass is 10.2. The minimum absolute atomic E-state index is 0.0136. The SMILES string of the molecule is CCOC(=O)c1cccc(NSF)c1. The molecule has 0 radical (unpaired) electrons. The van der Waals surface area contributed by atoms with Crippen LogP contribution in [0.25, 0.3) is 0 Å². The lowest BCUT2D eigenvalue weighted by molar-refractivity contribution is 0.0526. The summed E-state index contributed by atoms with van der Waals surface area (Å²) in [5, 5.41) is 0. The Morgan fingerprint density at radius 2 is 2.43 bits per heavy atom. The summed E-state index contributed by atoms with van der Waals surface area (Å²) in [4.78, 5) is 11.3. The van der Waals surface area contributed by atoms with Crippen LogP contribution in [0.2, 0.25) is 0 Å². The van der Waals surface area contributed by atoms with Crippen LogP contribution in [-0.2, 0) is 4.74 Å². The molecule has 0 heterocycles. The van der Waals surface area contributed by atoms with Crippen LogP contribution >= 0.6 is 12.3 Å². The predicted molar refractivity (Wildman–Crippen MR) is 54.7 cm³/mol. The second-order valence-corrected chi connectivity index (χ2v) is 2.84. The number of ether oxygens (including phenoxy) is 1. The molecule has 1 N–H and O–H groups in total. The fraction of sp³-hybridized carbons (Fsp3) is 0.222. The quantitative estimate of drug-likeness (QED) is 0.619. The van der Waals surface area contributed by atoms with E-state index in [1.165, 1.54) is 6.07 Å². The van der Waals surface area contributed by atoms with Gasteiger partial charge in [-0.05, 0) is 25.1 Å². The van der Waals surface area contributed by atoms with E-state index >= 15 is 0 Å². The number of esters is 1. The molecule has 76 valence electrons. The topological polar surface area (TPSA) is 38.3 Å². The van der Waals surface area contributed by atoms with Gasteiger partial charge in [0.25, 0.3) is 0 Å². The van der Waals surface area contributed by atoms with Crippen LogP contribution < -0.4 is 4.72 Å². The Kier molecular flexibility index (Phi) is 4.25. The van der Waals surface area contributed by atoms with Crippen LogP contribution in [-0.4, -0.2) is 12.6 Å². The third-order valence-corrected chi connectivity index (χ3v) is 1.84. The zero-order valence-corrected chi connectivity index (χ0v) is 8.44. The van der Waals surface area contributed by atoms with Crippen LogP contribution in [0.3, 0.4) is 0 Å². The predicted octanol–water partition coefficient (Wildman–Crippen LogP) is 2.81. The molecule has 0 aliphatic carbocycles. The van der Waals surface area contributed by atoms with Crippen molar-refractivity contribution < 1.29 is 13.4 Å². The Bertz CT molecular complexity index is 319. The van der Waals surface area contributed by atoms with Gasteiger partial charge in [-0.2, -0.15) is 0 Å². The average molecular weight is 215 g/mol. The van der Waals surface area contributed by atoms with Crippen molar-refractivity contribution in [1.82, 2.24) is 0 Å². The summed E-state index contributed by atoms with van der Waals surface area (Å²) in [6, 6.07) is 6.47. The molecule has 1 aromatic carbocycles. The molecule has 1 aromatic rings. The van der Waals surface area contributed by atoms with E-state index in [0.717, 1.165) is 0 Å². The van der Waals surface area contributed by atoms with Crippen molar-refractivity contribution in [3.05, 3.63) is 29.8 Å². The Morgan fingerprint density at radius 3 is 3.07 bits per heavy atom. The number of carbonyl (C=O) groups is 1. The largest absolute Gasteiger partial charge is 0.462 e. The zero-order chi connectivity index (χ0) is 10.4. The van der Waals surface area contributed by atoms with Gasteiger partial charge in [-0.25, -0.2) is 4.79 Å². The van der Waals surface area contributed by atoms with Gasteiger partial charge in [0.2, 0.25) is 0 Å². The molecule has 0 atom stereocenters. The van der Waals surface area contributed by atoms with E-state index in [1.54, 1.807) is 25.1 Å². The molecule has 0 spiro atoms. The normalized spacial score (nSPS) is 9.57. The van der Waals surface area contributed by atoms with Gasteiger partial charge in [-0.15, -0.1) is 3.89 Å². The van der Waals surface area contributed by atoms with Crippen molar-refractivity contribution in [2.75, 3.05) is 11.3 Å². The first-order valence-electron chi connectivity index (χ1n) is 4.08. The van der Waals surface area contributed by atoms with E-state index in [4.69, 9.17) is 4.74 Å². The molecule has 14 heavy (non-hydrogen) atoms. The fourth-order valence-electron chi connectivity index (χ4n) is 0.969. The Hall–Kier alpha value is -1.23. The maximum atomic E-state index is 11.8. The molecule has 0 saturated carbocycles. The molecular weight excluding hydrogens is 205 g/mol. The number of nitrogens with one attached hydrogen (secondary N) is 1. The molecule has 0 saturated heterocycles. The third-order valence-electron chi connectivity index (χ3n) is 1.53. The number of carbonyl (C=O) groups excluding carboxylic acids is 1. The highest BCUT2D eigenvalue weighted by molar-refractivity contribution is 7.95. The second-order valence-electron chi connectivity index (χ2n) is 2.48. The van der Waals surface area contributed by atoms with Gasteiger partial charge < -0.3 is 9.46 Å². The maximum Gasteiger partial charge on any atom is 0.338 e. The lowest BCUT2D eigenvalue weighted by Gasteiger charge is -2.03. The van der Waals surface area contributed by atoms with Gasteiger partial charge >= 0.3 is 5.97 Å². The minimum Gasteiger partial charge on any atom is -0.462 e. The fourth-order valence-corrected chi connectivity index (χ4v) is 1.18. The summed E-state index contributed by atoms with van der Waals surface area (Å²) in [6.45, 7) is 2.06. The molecule has 0 aliphatic rings. The van der Waals surface area contributed by atoms with Gasteiger partial charge in [0, 0.05) is 5.69 Å². The van der Waals surface area contributed by atoms with Gasteiger partial charge in [-0.3, -0.25) is 0 Å². The van der Waals surface area contributed by atoms with Crippen LogP contribution in [0.15, 0.2) is 24.3 Å². The first-order chi connectivity index (χ1) is 6.77. The van der Waals surface area contributed by atoms with E-state index in [2.05, 4.69) is 4.72 Å². The molecule has 0 aromatic heterocycles.